The molecule has 27 heavy (non-hydrogen) atoms. The lowest BCUT2D eigenvalue weighted by atomic mass is 10.1. The highest BCUT2D eigenvalue weighted by molar-refractivity contribution is 7.89. The molecule has 2 atom stereocenters. The Morgan fingerprint density at radius 3 is 2.41 bits per heavy atom. The summed E-state index contributed by atoms with van der Waals surface area (Å²) in [7, 11) is -3.50. The molecule has 0 saturated carbocycles. The quantitative estimate of drug-likeness (QED) is 0.608. The van der Waals surface area contributed by atoms with Crippen LogP contribution in [0.15, 0.2) is 28.7 Å². The maximum absolute atomic E-state index is 12.6. The number of fused-ring (bicyclic) bond motifs is 1. The van der Waals surface area contributed by atoms with Crippen molar-refractivity contribution < 1.29 is 13.2 Å². The van der Waals surface area contributed by atoms with Crippen molar-refractivity contribution in [1.82, 2.24) is 9.80 Å². The number of likely N-dealkylation sites (tertiary alicyclic amines) is 1. The number of sulfonamides is 1. The van der Waals surface area contributed by atoms with E-state index in [0.717, 1.165) is 49.9 Å². The molecule has 3 aliphatic heterocycles. The van der Waals surface area contributed by atoms with Crippen molar-refractivity contribution in [2.24, 2.45) is 10.1 Å². The van der Waals surface area contributed by atoms with Crippen LogP contribution in [-0.2, 0) is 10.0 Å². The van der Waals surface area contributed by atoms with Crippen LogP contribution in [0.2, 0.25) is 0 Å². The molecular weight excluding hydrogens is 366 g/mol. The Bertz CT molecular complexity index is 861. The van der Waals surface area contributed by atoms with Crippen molar-refractivity contribution in [2.75, 3.05) is 37.3 Å². The summed E-state index contributed by atoms with van der Waals surface area (Å²) in [5, 5.41) is 0. The molecule has 4 rings (SSSR count). The summed E-state index contributed by atoms with van der Waals surface area (Å²) < 4.78 is 27.5. The van der Waals surface area contributed by atoms with E-state index in [9.17, 15) is 13.2 Å². The first-order valence-corrected chi connectivity index (χ1v) is 11.2. The number of benzene rings is 1. The molecule has 0 spiro atoms. The first kappa shape index (κ1) is 18.2. The Morgan fingerprint density at radius 1 is 1.15 bits per heavy atom. The van der Waals surface area contributed by atoms with E-state index < -0.39 is 10.0 Å². The average molecular weight is 391 g/mol. The highest BCUT2D eigenvalue weighted by Crippen LogP contribution is 2.30. The van der Waals surface area contributed by atoms with Crippen LogP contribution in [0.3, 0.4) is 0 Å². The fraction of sp³-hybridized carbons (Fsp3) is 0.556. The minimum absolute atomic E-state index is 0.00901. The SMILES string of the molecule is CS(=O)(=O)N=C(c1ccc(N2C[C@@H]3[C@H](N)CCN3C2=O)cc1)N1CCCC1. The van der Waals surface area contributed by atoms with Gasteiger partial charge in [-0.05, 0) is 43.5 Å². The number of nitrogens with two attached hydrogens (primary N) is 1. The number of carbonyl (C=O) groups is 1. The lowest BCUT2D eigenvalue weighted by Crippen LogP contribution is -2.37. The molecule has 0 aliphatic carbocycles. The Kier molecular flexibility index (Phi) is 4.59. The first-order valence-electron chi connectivity index (χ1n) is 9.32. The summed E-state index contributed by atoms with van der Waals surface area (Å²) >= 11 is 0. The Hall–Kier alpha value is -2.13. The smallest absolute Gasteiger partial charge is 0.324 e. The lowest BCUT2D eigenvalue weighted by Gasteiger charge is -2.21. The molecule has 3 fully saturated rings. The van der Waals surface area contributed by atoms with Crippen LogP contribution >= 0.6 is 0 Å². The summed E-state index contributed by atoms with van der Waals surface area (Å²) in [6.07, 6.45) is 4.02. The van der Waals surface area contributed by atoms with Gasteiger partial charge in [-0.25, -0.2) is 13.2 Å². The fourth-order valence-corrected chi connectivity index (χ4v) is 4.69. The van der Waals surface area contributed by atoms with Gasteiger partial charge in [-0.1, -0.05) is 0 Å². The van der Waals surface area contributed by atoms with Crippen molar-refractivity contribution >= 4 is 27.6 Å². The molecule has 0 aromatic heterocycles. The highest BCUT2D eigenvalue weighted by Gasteiger charge is 2.44. The van der Waals surface area contributed by atoms with Crippen molar-refractivity contribution in [3.63, 3.8) is 0 Å². The Morgan fingerprint density at radius 2 is 1.81 bits per heavy atom. The second-order valence-corrected chi connectivity index (χ2v) is 9.14. The van der Waals surface area contributed by atoms with E-state index in [1.54, 1.807) is 4.90 Å². The summed E-state index contributed by atoms with van der Waals surface area (Å²) in [6.45, 7) is 2.90. The van der Waals surface area contributed by atoms with Gasteiger partial charge in [0.05, 0.1) is 12.3 Å². The number of rotatable bonds is 3. The van der Waals surface area contributed by atoms with Gasteiger partial charge in [0.2, 0.25) is 0 Å². The second kappa shape index (κ2) is 6.79. The largest absolute Gasteiger partial charge is 0.355 e. The number of amides is 2. The number of urea groups is 1. The van der Waals surface area contributed by atoms with Gasteiger partial charge in [0.1, 0.15) is 5.84 Å². The van der Waals surface area contributed by atoms with E-state index in [2.05, 4.69) is 4.40 Å². The standard InChI is InChI=1S/C18H25N5O3S/c1-27(25,26)20-17(21-9-2-3-10-21)13-4-6-14(7-5-13)23-12-16-15(19)8-11-22(16)18(23)24/h4-7,15-16H,2-3,8-12,19H2,1H3/t15-,16-/m1/s1. The van der Waals surface area contributed by atoms with Crippen molar-refractivity contribution in [2.45, 2.75) is 31.3 Å². The van der Waals surface area contributed by atoms with Gasteiger partial charge in [-0.2, -0.15) is 0 Å². The van der Waals surface area contributed by atoms with E-state index in [4.69, 9.17) is 5.73 Å². The van der Waals surface area contributed by atoms with Crippen molar-refractivity contribution in [3.8, 4) is 0 Å². The first-order chi connectivity index (χ1) is 12.8. The molecule has 9 heteroatoms. The average Bonchev–Trinajstić information content (AvgIpc) is 3.33. The highest BCUT2D eigenvalue weighted by atomic mass is 32.2. The number of anilines is 1. The van der Waals surface area contributed by atoms with Crippen LogP contribution in [0, 0.1) is 0 Å². The van der Waals surface area contributed by atoms with Crippen molar-refractivity contribution in [3.05, 3.63) is 29.8 Å². The number of amidine groups is 1. The maximum Gasteiger partial charge on any atom is 0.324 e. The van der Waals surface area contributed by atoms with Gasteiger partial charge < -0.3 is 15.5 Å². The van der Waals surface area contributed by atoms with Crippen LogP contribution in [0.25, 0.3) is 0 Å². The zero-order chi connectivity index (χ0) is 19.2. The molecule has 2 amide bonds. The van der Waals surface area contributed by atoms with Crippen LogP contribution in [0.4, 0.5) is 10.5 Å². The summed E-state index contributed by atoms with van der Waals surface area (Å²) in [6, 6.07) is 7.49. The van der Waals surface area contributed by atoms with E-state index in [0.29, 0.717) is 18.9 Å². The van der Waals surface area contributed by atoms with Gasteiger partial charge >= 0.3 is 6.03 Å². The fourth-order valence-electron chi connectivity index (χ4n) is 4.15. The molecule has 3 saturated heterocycles. The molecule has 3 heterocycles. The zero-order valence-electron chi connectivity index (χ0n) is 15.4. The monoisotopic (exact) mass is 391 g/mol. The molecule has 1 aromatic carbocycles. The molecule has 3 aliphatic rings. The predicted molar refractivity (Wildman–Crippen MR) is 104 cm³/mol. The normalized spacial score (nSPS) is 26.2. The van der Waals surface area contributed by atoms with E-state index >= 15 is 0 Å². The summed E-state index contributed by atoms with van der Waals surface area (Å²) in [5.41, 5.74) is 7.66. The minimum atomic E-state index is -3.50. The molecule has 8 nitrogen and oxygen atoms in total. The molecule has 0 bridgehead atoms. The third-order valence-corrected chi connectivity index (χ3v) is 6.04. The molecule has 1 aromatic rings. The number of hydrogen-bond donors (Lipinski definition) is 1. The minimum Gasteiger partial charge on any atom is -0.355 e. The summed E-state index contributed by atoms with van der Waals surface area (Å²) in [5.74, 6) is 0.483. The zero-order valence-corrected chi connectivity index (χ0v) is 16.2. The molecule has 0 radical (unpaired) electrons. The van der Waals surface area contributed by atoms with Gasteiger partial charge in [-0.3, -0.25) is 4.90 Å². The second-order valence-electron chi connectivity index (χ2n) is 7.50. The van der Waals surface area contributed by atoms with Gasteiger partial charge in [0.25, 0.3) is 10.0 Å². The van der Waals surface area contributed by atoms with Gasteiger partial charge in [0.15, 0.2) is 0 Å². The third kappa shape index (κ3) is 3.53. The van der Waals surface area contributed by atoms with Gasteiger partial charge in [-0.15, -0.1) is 4.40 Å². The molecular formula is C18H25N5O3S. The van der Waals surface area contributed by atoms with E-state index in [-0.39, 0.29) is 18.1 Å². The van der Waals surface area contributed by atoms with Crippen LogP contribution in [-0.4, -0.2) is 74.6 Å². The molecule has 0 unspecified atom stereocenters. The molecule has 2 N–H and O–H groups in total. The van der Waals surface area contributed by atoms with E-state index in [1.807, 2.05) is 34.1 Å². The predicted octanol–water partition coefficient (Wildman–Crippen LogP) is 0.830. The van der Waals surface area contributed by atoms with Crippen LogP contribution in [0.1, 0.15) is 24.8 Å². The van der Waals surface area contributed by atoms with Crippen LogP contribution in [0.5, 0.6) is 0 Å². The summed E-state index contributed by atoms with van der Waals surface area (Å²) in [4.78, 5) is 18.2. The topological polar surface area (TPSA) is 99.3 Å². The van der Waals surface area contributed by atoms with Gasteiger partial charge in [0, 0.05) is 43.5 Å². The number of nitrogens with zero attached hydrogens (tertiary/aromatic N) is 4. The third-order valence-electron chi connectivity index (χ3n) is 5.54. The maximum atomic E-state index is 12.6. The van der Waals surface area contributed by atoms with Crippen LogP contribution < -0.4 is 10.6 Å². The number of hydrogen-bond acceptors (Lipinski definition) is 4. The number of carbonyl (C=O) groups excluding carboxylic acids is 1. The lowest BCUT2D eigenvalue weighted by molar-refractivity contribution is 0.218. The van der Waals surface area contributed by atoms with E-state index in [1.165, 1.54) is 0 Å². The Balaban J connectivity index is 1.59. The Labute approximate surface area is 159 Å². The van der Waals surface area contributed by atoms with Crippen molar-refractivity contribution in [1.29, 1.82) is 0 Å². The molecule has 146 valence electrons.